The summed E-state index contributed by atoms with van der Waals surface area (Å²) in [5.74, 6) is 0.208. The van der Waals surface area contributed by atoms with E-state index in [4.69, 9.17) is 5.73 Å². The molecule has 0 aliphatic rings. The first-order chi connectivity index (χ1) is 8.15. The molecule has 0 aliphatic carbocycles. The number of aliphatic hydroxyl groups excluding tert-OH is 2. The molecule has 0 fully saturated rings. The molecule has 0 aromatic heterocycles. The molecule has 2 aromatic rings. The van der Waals surface area contributed by atoms with Gasteiger partial charge >= 0.3 is 0 Å². The molecule has 4 N–H and O–H groups in total. The van der Waals surface area contributed by atoms with Gasteiger partial charge in [0.05, 0.1) is 6.10 Å². The highest BCUT2D eigenvalue weighted by atomic mass is 32.1. The summed E-state index contributed by atoms with van der Waals surface area (Å²) in [5.41, 5.74) is 7.22. The fourth-order valence-electron chi connectivity index (χ4n) is 1.91. The van der Waals surface area contributed by atoms with Crippen LogP contribution in [-0.2, 0) is 0 Å². The highest BCUT2D eigenvalue weighted by Crippen LogP contribution is 2.30. The first-order valence-corrected chi connectivity index (χ1v) is 6.02. The van der Waals surface area contributed by atoms with E-state index >= 15 is 0 Å². The van der Waals surface area contributed by atoms with Crippen LogP contribution in [0.15, 0.2) is 36.4 Å². The van der Waals surface area contributed by atoms with E-state index < -0.39 is 12.2 Å². The van der Waals surface area contributed by atoms with Crippen molar-refractivity contribution in [1.29, 1.82) is 0 Å². The monoisotopic (exact) mass is 249 g/mol. The van der Waals surface area contributed by atoms with Crippen LogP contribution in [0.3, 0.4) is 0 Å². The highest BCUT2D eigenvalue weighted by molar-refractivity contribution is 7.80. The summed E-state index contributed by atoms with van der Waals surface area (Å²) in [5, 5.41) is 21.4. The lowest BCUT2D eigenvalue weighted by Crippen LogP contribution is -2.20. The Morgan fingerprint density at radius 3 is 2.35 bits per heavy atom. The van der Waals surface area contributed by atoms with Crippen molar-refractivity contribution in [3.8, 4) is 0 Å². The number of nitrogens with two attached hydrogens (primary N) is 1. The number of hydrogen-bond donors (Lipinski definition) is 4. The summed E-state index contributed by atoms with van der Waals surface area (Å²) >= 11 is 3.98. The van der Waals surface area contributed by atoms with Gasteiger partial charge in [-0.15, -0.1) is 0 Å². The number of fused-ring (bicyclic) bond motifs is 1. The molecule has 2 aromatic carbocycles. The Bertz CT molecular complexity index is 530. The average molecular weight is 249 g/mol. The molecule has 3 nitrogen and oxygen atoms in total. The lowest BCUT2D eigenvalue weighted by molar-refractivity contribution is 0.0347. The van der Waals surface area contributed by atoms with E-state index in [1.54, 1.807) is 12.1 Å². The minimum absolute atomic E-state index is 0.208. The van der Waals surface area contributed by atoms with Crippen LogP contribution in [0.25, 0.3) is 10.8 Å². The van der Waals surface area contributed by atoms with E-state index in [2.05, 4.69) is 12.6 Å². The zero-order chi connectivity index (χ0) is 12.4. The second-order valence-corrected chi connectivity index (χ2v) is 4.35. The minimum atomic E-state index is -0.946. The topological polar surface area (TPSA) is 66.5 Å². The van der Waals surface area contributed by atoms with Crippen LogP contribution in [0.5, 0.6) is 0 Å². The van der Waals surface area contributed by atoms with Crippen molar-refractivity contribution in [3.63, 3.8) is 0 Å². The van der Waals surface area contributed by atoms with Crippen LogP contribution in [-0.4, -0.2) is 22.1 Å². The third kappa shape index (κ3) is 2.24. The van der Waals surface area contributed by atoms with E-state index in [0.29, 0.717) is 11.3 Å². The number of anilines is 1. The fourth-order valence-corrected chi connectivity index (χ4v) is 2.11. The second-order valence-electron chi connectivity index (χ2n) is 3.98. The SMILES string of the molecule is Nc1ccc(C(O)C(O)CS)c2ccccc12. The van der Waals surface area contributed by atoms with Crippen LogP contribution in [0.4, 0.5) is 5.69 Å². The summed E-state index contributed by atoms with van der Waals surface area (Å²) in [4.78, 5) is 0. The van der Waals surface area contributed by atoms with Gasteiger partial charge in [0.25, 0.3) is 0 Å². The molecule has 2 unspecified atom stereocenters. The predicted octanol–water partition coefficient (Wildman–Crippen LogP) is 1.75. The molecular weight excluding hydrogens is 234 g/mol. The average Bonchev–Trinajstić information content (AvgIpc) is 2.38. The van der Waals surface area contributed by atoms with Crippen LogP contribution in [0.2, 0.25) is 0 Å². The molecule has 0 saturated heterocycles. The zero-order valence-electron chi connectivity index (χ0n) is 9.24. The first-order valence-electron chi connectivity index (χ1n) is 5.39. The maximum atomic E-state index is 10.0. The van der Waals surface area contributed by atoms with Crippen LogP contribution in [0.1, 0.15) is 11.7 Å². The highest BCUT2D eigenvalue weighted by Gasteiger charge is 2.19. The van der Waals surface area contributed by atoms with E-state index in [1.807, 2.05) is 24.3 Å². The summed E-state index contributed by atoms with van der Waals surface area (Å²) < 4.78 is 0. The van der Waals surface area contributed by atoms with E-state index in [0.717, 1.165) is 10.8 Å². The molecule has 0 bridgehead atoms. The molecule has 90 valence electrons. The van der Waals surface area contributed by atoms with E-state index in [-0.39, 0.29) is 5.75 Å². The Morgan fingerprint density at radius 2 is 1.71 bits per heavy atom. The third-order valence-electron chi connectivity index (χ3n) is 2.86. The maximum absolute atomic E-state index is 10.0. The van der Waals surface area contributed by atoms with Gasteiger partial charge in [-0.25, -0.2) is 0 Å². The standard InChI is InChI=1S/C13H15NO2S/c14-11-6-5-10(13(16)12(15)7-17)8-3-1-2-4-9(8)11/h1-6,12-13,15-17H,7,14H2. The van der Waals surface area contributed by atoms with Gasteiger partial charge in [-0.1, -0.05) is 30.3 Å². The Balaban J connectivity index is 2.59. The number of nitrogen functional groups attached to an aromatic ring is 1. The Hall–Kier alpha value is -1.23. The van der Waals surface area contributed by atoms with Gasteiger partial charge in [-0.2, -0.15) is 12.6 Å². The zero-order valence-corrected chi connectivity index (χ0v) is 10.1. The quantitative estimate of drug-likeness (QED) is 0.495. The number of benzene rings is 2. The van der Waals surface area contributed by atoms with Gasteiger partial charge in [0, 0.05) is 16.8 Å². The third-order valence-corrected chi connectivity index (χ3v) is 3.24. The summed E-state index contributed by atoms with van der Waals surface area (Å²) in [6.07, 6.45) is -1.83. The fraction of sp³-hybridized carbons (Fsp3) is 0.231. The molecule has 0 radical (unpaired) electrons. The summed E-state index contributed by atoms with van der Waals surface area (Å²) in [7, 11) is 0. The van der Waals surface area contributed by atoms with Gasteiger partial charge in [0.2, 0.25) is 0 Å². The second kappa shape index (κ2) is 4.96. The molecule has 17 heavy (non-hydrogen) atoms. The van der Waals surface area contributed by atoms with Crippen LogP contribution < -0.4 is 5.73 Å². The van der Waals surface area contributed by atoms with E-state index in [9.17, 15) is 10.2 Å². The van der Waals surface area contributed by atoms with Crippen molar-refractivity contribution >= 4 is 29.1 Å². The molecule has 0 heterocycles. The number of thiol groups is 1. The van der Waals surface area contributed by atoms with Gasteiger partial charge in [-0.3, -0.25) is 0 Å². The molecule has 2 rings (SSSR count). The Morgan fingerprint density at radius 1 is 1.06 bits per heavy atom. The van der Waals surface area contributed by atoms with Crippen molar-refractivity contribution in [2.75, 3.05) is 11.5 Å². The lowest BCUT2D eigenvalue weighted by Gasteiger charge is -2.18. The number of aliphatic hydroxyl groups is 2. The number of rotatable bonds is 3. The molecule has 0 spiro atoms. The molecular formula is C13H15NO2S. The van der Waals surface area contributed by atoms with Crippen molar-refractivity contribution in [3.05, 3.63) is 42.0 Å². The minimum Gasteiger partial charge on any atom is -0.398 e. The van der Waals surface area contributed by atoms with Gasteiger partial charge in [-0.05, 0) is 17.0 Å². The van der Waals surface area contributed by atoms with Gasteiger partial charge in [0.15, 0.2) is 0 Å². The van der Waals surface area contributed by atoms with Gasteiger partial charge < -0.3 is 15.9 Å². The smallest absolute Gasteiger partial charge is 0.106 e. The van der Waals surface area contributed by atoms with Gasteiger partial charge in [0.1, 0.15) is 6.10 Å². The molecule has 0 aliphatic heterocycles. The molecule has 0 amide bonds. The van der Waals surface area contributed by atoms with Crippen molar-refractivity contribution in [2.45, 2.75) is 12.2 Å². The lowest BCUT2D eigenvalue weighted by atomic mass is 9.97. The van der Waals surface area contributed by atoms with Crippen molar-refractivity contribution in [1.82, 2.24) is 0 Å². The molecule has 4 heteroatoms. The Labute approximate surface area is 105 Å². The maximum Gasteiger partial charge on any atom is 0.106 e. The number of hydrogen-bond acceptors (Lipinski definition) is 4. The normalized spacial score (nSPS) is 14.8. The largest absolute Gasteiger partial charge is 0.398 e. The first kappa shape index (κ1) is 12.2. The van der Waals surface area contributed by atoms with Crippen LogP contribution >= 0.6 is 12.6 Å². The Kier molecular flexibility index (Phi) is 3.57. The summed E-state index contributed by atoms with van der Waals surface area (Å²) in [6.45, 7) is 0. The van der Waals surface area contributed by atoms with Crippen LogP contribution in [0, 0.1) is 0 Å². The van der Waals surface area contributed by atoms with E-state index in [1.165, 1.54) is 0 Å². The van der Waals surface area contributed by atoms with Crippen molar-refractivity contribution < 1.29 is 10.2 Å². The van der Waals surface area contributed by atoms with Crippen molar-refractivity contribution in [2.24, 2.45) is 0 Å². The predicted molar refractivity (Wildman–Crippen MR) is 73.2 cm³/mol. The molecule has 2 atom stereocenters. The summed E-state index contributed by atoms with van der Waals surface area (Å²) in [6, 6.07) is 11.0. The molecule has 0 saturated carbocycles.